The first-order valence-corrected chi connectivity index (χ1v) is 9.42. The number of sulfonamides is 1. The molecule has 1 N–H and O–H groups in total. The molecule has 120 valence electrons. The van der Waals surface area contributed by atoms with E-state index in [4.69, 9.17) is 0 Å². The van der Waals surface area contributed by atoms with E-state index in [1.165, 1.54) is 12.1 Å². The second kappa shape index (κ2) is 6.33. The molecule has 0 aliphatic carbocycles. The van der Waals surface area contributed by atoms with Gasteiger partial charge in [-0.1, -0.05) is 22.0 Å². The minimum atomic E-state index is -3.66. The number of nitrogens with one attached hydrogen (secondary N) is 1. The molecule has 5 nitrogen and oxygen atoms in total. The van der Waals surface area contributed by atoms with E-state index in [1.54, 1.807) is 41.3 Å². The zero-order valence-electron chi connectivity index (χ0n) is 12.2. The van der Waals surface area contributed by atoms with Crippen molar-refractivity contribution in [3.63, 3.8) is 0 Å². The van der Waals surface area contributed by atoms with Crippen molar-refractivity contribution >= 4 is 43.2 Å². The number of nitrogens with zero attached hydrogens (tertiary/aromatic N) is 1. The lowest BCUT2D eigenvalue weighted by atomic mass is 10.2. The Morgan fingerprint density at radius 3 is 2.48 bits per heavy atom. The second-order valence-electron chi connectivity index (χ2n) is 5.26. The molecule has 0 bridgehead atoms. The Labute approximate surface area is 143 Å². The van der Waals surface area contributed by atoms with Crippen LogP contribution in [0.2, 0.25) is 0 Å². The van der Waals surface area contributed by atoms with Crippen molar-refractivity contribution in [2.24, 2.45) is 0 Å². The van der Waals surface area contributed by atoms with Gasteiger partial charge in [-0.15, -0.1) is 0 Å². The van der Waals surface area contributed by atoms with Gasteiger partial charge in [-0.25, -0.2) is 8.42 Å². The Morgan fingerprint density at radius 2 is 1.83 bits per heavy atom. The van der Waals surface area contributed by atoms with Crippen LogP contribution in [0.15, 0.2) is 57.9 Å². The van der Waals surface area contributed by atoms with Crippen LogP contribution in [0.1, 0.15) is 12.8 Å². The summed E-state index contributed by atoms with van der Waals surface area (Å²) in [5.74, 6) is 0.0675. The number of benzene rings is 2. The van der Waals surface area contributed by atoms with Crippen LogP contribution in [0.4, 0.5) is 11.4 Å². The van der Waals surface area contributed by atoms with E-state index >= 15 is 0 Å². The second-order valence-corrected chi connectivity index (χ2v) is 7.86. The van der Waals surface area contributed by atoms with Gasteiger partial charge in [0, 0.05) is 23.1 Å². The number of hydrogen-bond donors (Lipinski definition) is 1. The van der Waals surface area contributed by atoms with E-state index in [9.17, 15) is 13.2 Å². The minimum Gasteiger partial charge on any atom is -0.312 e. The lowest BCUT2D eigenvalue weighted by molar-refractivity contribution is -0.117. The Balaban J connectivity index is 1.85. The molecule has 0 saturated carbocycles. The molecule has 1 aliphatic heterocycles. The number of halogens is 1. The summed E-state index contributed by atoms with van der Waals surface area (Å²) in [7, 11) is -3.66. The van der Waals surface area contributed by atoms with Crippen LogP contribution in [0, 0.1) is 0 Å². The van der Waals surface area contributed by atoms with Crippen molar-refractivity contribution in [3.05, 3.63) is 53.0 Å². The fraction of sp³-hybridized carbons (Fsp3) is 0.188. The summed E-state index contributed by atoms with van der Waals surface area (Å²) in [6, 6.07) is 13.3. The lowest BCUT2D eigenvalue weighted by Gasteiger charge is -2.17. The molecular formula is C16H15BrN2O3S. The standard InChI is InChI=1S/C16H15BrN2O3S/c17-12-6-8-15(9-7-12)23(21,22)18-13-3-1-4-14(11-13)19-10-2-5-16(19)20/h1,3-4,6-9,11,18H,2,5,10H2. The van der Waals surface area contributed by atoms with Gasteiger partial charge in [-0.3, -0.25) is 9.52 Å². The molecule has 2 aromatic carbocycles. The number of amides is 1. The van der Waals surface area contributed by atoms with Gasteiger partial charge in [0.25, 0.3) is 10.0 Å². The molecule has 0 atom stereocenters. The molecule has 1 heterocycles. The predicted molar refractivity (Wildman–Crippen MR) is 93.0 cm³/mol. The van der Waals surface area contributed by atoms with Crippen LogP contribution in [-0.4, -0.2) is 20.9 Å². The number of anilines is 2. The predicted octanol–water partition coefficient (Wildman–Crippen LogP) is 3.38. The van der Waals surface area contributed by atoms with E-state index in [0.29, 0.717) is 24.3 Å². The lowest BCUT2D eigenvalue weighted by Crippen LogP contribution is -2.23. The highest BCUT2D eigenvalue weighted by Gasteiger charge is 2.22. The zero-order valence-corrected chi connectivity index (χ0v) is 14.6. The molecule has 0 aromatic heterocycles. The quantitative estimate of drug-likeness (QED) is 0.863. The van der Waals surface area contributed by atoms with E-state index in [1.807, 2.05) is 0 Å². The molecule has 1 fully saturated rings. The van der Waals surface area contributed by atoms with Crippen LogP contribution < -0.4 is 9.62 Å². The van der Waals surface area contributed by atoms with Crippen molar-refractivity contribution in [3.8, 4) is 0 Å². The molecule has 1 aliphatic rings. The van der Waals surface area contributed by atoms with E-state index in [2.05, 4.69) is 20.7 Å². The average Bonchev–Trinajstić information content (AvgIpc) is 2.94. The molecule has 1 saturated heterocycles. The monoisotopic (exact) mass is 394 g/mol. The van der Waals surface area contributed by atoms with Crippen LogP contribution in [0.3, 0.4) is 0 Å². The molecule has 7 heteroatoms. The Morgan fingerprint density at radius 1 is 1.09 bits per heavy atom. The summed E-state index contributed by atoms with van der Waals surface area (Å²) in [6.45, 7) is 0.668. The first-order valence-electron chi connectivity index (χ1n) is 7.14. The highest BCUT2D eigenvalue weighted by molar-refractivity contribution is 9.10. The molecule has 2 aromatic rings. The number of rotatable bonds is 4. The van der Waals surface area contributed by atoms with Crippen LogP contribution in [0.5, 0.6) is 0 Å². The maximum Gasteiger partial charge on any atom is 0.261 e. The van der Waals surface area contributed by atoms with Crippen molar-refractivity contribution < 1.29 is 13.2 Å². The zero-order chi connectivity index (χ0) is 16.4. The van der Waals surface area contributed by atoms with Gasteiger partial charge in [0.1, 0.15) is 0 Å². The van der Waals surface area contributed by atoms with E-state index in [-0.39, 0.29) is 10.8 Å². The molecule has 23 heavy (non-hydrogen) atoms. The minimum absolute atomic E-state index is 0.0675. The maximum atomic E-state index is 12.4. The summed E-state index contributed by atoms with van der Waals surface area (Å²) < 4.78 is 28.2. The van der Waals surface area contributed by atoms with Gasteiger partial charge in [-0.2, -0.15) is 0 Å². The van der Waals surface area contributed by atoms with Gasteiger partial charge in [0.05, 0.1) is 10.6 Å². The van der Waals surface area contributed by atoms with Crippen LogP contribution >= 0.6 is 15.9 Å². The van der Waals surface area contributed by atoms with Crippen LogP contribution in [0.25, 0.3) is 0 Å². The number of carbonyl (C=O) groups is 1. The van der Waals surface area contributed by atoms with Crippen LogP contribution in [-0.2, 0) is 14.8 Å². The third-order valence-corrected chi connectivity index (χ3v) is 5.53. The van der Waals surface area contributed by atoms with Crippen molar-refractivity contribution in [2.45, 2.75) is 17.7 Å². The molecule has 0 spiro atoms. The molecule has 1 amide bonds. The highest BCUT2D eigenvalue weighted by atomic mass is 79.9. The molecular weight excluding hydrogens is 380 g/mol. The first kappa shape index (κ1) is 16.0. The van der Waals surface area contributed by atoms with Gasteiger partial charge in [-0.05, 0) is 48.9 Å². The Hall–Kier alpha value is -1.86. The third kappa shape index (κ3) is 3.56. The SMILES string of the molecule is O=C1CCCN1c1cccc(NS(=O)(=O)c2ccc(Br)cc2)c1. The molecule has 3 rings (SSSR count). The summed E-state index contributed by atoms with van der Waals surface area (Å²) in [5, 5.41) is 0. The number of hydrogen-bond acceptors (Lipinski definition) is 3. The maximum absolute atomic E-state index is 12.4. The van der Waals surface area contributed by atoms with E-state index in [0.717, 1.165) is 10.9 Å². The van der Waals surface area contributed by atoms with Crippen molar-refractivity contribution in [2.75, 3.05) is 16.2 Å². The molecule has 0 radical (unpaired) electrons. The normalized spacial score (nSPS) is 15.0. The smallest absolute Gasteiger partial charge is 0.261 e. The average molecular weight is 395 g/mol. The largest absolute Gasteiger partial charge is 0.312 e. The van der Waals surface area contributed by atoms with Gasteiger partial charge >= 0.3 is 0 Å². The topological polar surface area (TPSA) is 66.5 Å². The fourth-order valence-corrected chi connectivity index (χ4v) is 3.80. The van der Waals surface area contributed by atoms with Gasteiger partial charge < -0.3 is 4.90 Å². The first-order chi connectivity index (χ1) is 11.0. The van der Waals surface area contributed by atoms with Gasteiger partial charge in [0.2, 0.25) is 5.91 Å². The van der Waals surface area contributed by atoms with Gasteiger partial charge in [0.15, 0.2) is 0 Å². The summed E-state index contributed by atoms with van der Waals surface area (Å²) in [5.41, 5.74) is 1.15. The Kier molecular flexibility index (Phi) is 4.41. The third-order valence-electron chi connectivity index (χ3n) is 3.61. The summed E-state index contributed by atoms with van der Waals surface area (Å²) >= 11 is 3.28. The highest BCUT2D eigenvalue weighted by Crippen LogP contribution is 2.26. The van der Waals surface area contributed by atoms with Crippen molar-refractivity contribution in [1.82, 2.24) is 0 Å². The summed E-state index contributed by atoms with van der Waals surface area (Å²) in [6.07, 6.45) is 1.36. The molecule has 0 unspecified atom stereocenters. The summed E-state index contributed by atoms with van der Waals surface area (Å²) in [4.78, 5) is 13.7. The van der Waals surface area contributed by atoms with Crippen molar-refractivity contribution in [1.29, 1.82) is 0 Å². The number of carbonyl (C=O) groups excluding carboxylic acids is 1. The Bertz CT molecular complexity index is 835. The van der Waals surface area contributed by atoms with E-state index < -0.39 is 10.0 Å². The fourth-order valence-electron chi connectivity index (χ4n) is 2.49.